The summed E-state index contributed by atoms with van der Waals surface area (Å²) in [6.45, 7) is 1.88. The van der Waals surface area contributed by atoms with Crippen molar-refractivity contribution < 1.29 is 4.74 Å². The number of ether oxygens (including phenoxy) is 1. The molecule has 0 radical (unpaired) electrons. The summed E-state index contributed by atoms with van der Waals surface area (Å²) in [7, 11) is 0. The molecule has 0 spiro atoms. The maximum absolute atomic E-state index is 11.7. The second kappa shape index (κ2) is 3.74. The average molecular weight is 265 g/mol. The lowest BCUT2D eigenvalue weighted by Crippen LogP contribution is -2.28. The Bertz CT molecular complexity index is 761. The highest BCUT2D eigenvalue weighted by Gasteiger charge is 2.21. The zero-order valence-electron chi connectivity index (χ0n) is 9.46. The number of fused-ring (bicyclic) bond motifs is 2. The van der Waals surface area contributed by atoms with Crippen molar-refractivity contribution in [3.8, 4) is 11.6 Å². The molecule has 3 rings (SSSR count). The van der Waals surface area contributed by atoms with E-state index in [1.807, 2.05) is 13.0 Å². The summed E-state index contributed by atoms with van der Waals surface area (Å²) in [6, 6.07) is 3.57. The molecule has 18 heavy (non-hydrogen) atoms. The topological polar surface area (TPSA) is 75.0 Å². The van der Waals surface area contributed by atoms with E-state index in [1.165, 1.54) is 0 Å². The van der Waals surface area contributed by atoms with Crippen LogP contribution in [-0.2, 0) is 6.42 Å². The number of aryl methyl sites for hydroxylation is 1. The molecule has 0 amide bonds. The molecule has 1 aromatic carbocycles. The summed E-state index contributed by atoms with van der Waals surface area (Å²) >= 11 is 6.02. The standard InChI is InChI=1S/C12H9ClN2O3/c1-5-2-6-3-7-10(16)14-12(17)15-11(7)18-9(6)4-8(5)13/h2,4H,3H2,1H3,(H2,14,15,16,17). The van der Waals surface area contributed by atoms with Crippen LogP contribution in [0.5, 0.6) is 11.6 Å². The van der Waals surface area contributed by atoms with Crippen molar-refractivity contribution in [2.24, 2.45) is 0 Å². The van der Waals surface area contributed by atoms with E-state index in [0.29, 0.717) is 22.8 Å². The SMILES string of the molecule is Cc1cc2c(cc1Cl)Oc1[nH]c(=O)[nH]c(=O)c1C2. The third-order valence-electron chi connectivity index (χ3n) is 2.92. The van der Waals surface area contributed by atoms with E-state index in [2.05, 4.69) is 9.97 Å². The van der Waals surface area contributed by atoms with Gasteiger partial charge in [0.05, 0.1) is 5.56 Å². The van der Waals surface area contributed by atoms with Crippen LogP contribution in [0.4, 0.5) is 0 Å². The van der Waals surface area contributed by atoms with Crippen molar-refractivity contribution >= 4 is 11.6 Å². The molecule has 5 nitrogen and oxygen atoms in total. The molecular formula is C12H9ClN2O3. The lowest BCUT2D eigenvalue weighted by molar-refractivity contribution is 0.435. The summed E-state index contributed by atoms with van der Waals surface area (Å²) in [5.41, 5.74) is 1.21. The predicted molar refractivity (Wildman–Crippen MR) is 66.8 cm³/mol. The number of hydrogen-bond donors (Lipinski definition) is 2. The van der Waals surface area contributed by atoms with Crippen molar-refractivity contribution in [2.45, 2.75) is 13.3 Å². The van der Waals surface area contributed by atoms with Crippen LogP contribution in [0, 0.1) is 6.92 Å². The van der Waals surface area contributed by atoms with Crippen molar-refractivity contribution in [1.82, 2.24) is 9.97 Å². The molecule has 1 aliphatic rings. The van der Waals surface area contributed by atoms with Crippen LogP contribution in [0.3, 0.4) is 0 Å². The van der Waals surface area contributed by atoms with E-state index >= 15 is 0 Å². The molecule has 1 aliphatic heterocycles. The molecule has 6 heteroatoms. The molecule has 0 unspecified atom stereocenters. The van der Waals surface area contributed by atoms with E-state index in [0.717, 1.165) is 11.1 Å². The summed E-state index contributed by atoms with van der Waals surface area (Å²) < 4.78 is 5.51. The fourth-order valence-electron chi connectivity index (χ4n) is 2.00. The molecule has 0 atom stereocenters. The van der Waals surface area contributed by atoms with Gasteiger partial charge in [0.25, 0.3) is 5.56 Å². The number of hydrogen-bond acceptors (Lipinski definition) is 3. The molecule has 2 aromatic rings. The predicted octanol–water partition coefficient (Wildman–Crippen LogP) is 1.72. The maximum Gasteiger partial charge on any atom is 0.328 e. The highest BCUT2D eigenvalue weighted by molar-refractivity contribution is 6.31. The Morgan fingerprint density at radius 2 is 2.06 bits per heavy atom. The summed E-state index contributed by atoms with van der Waals surface area (Å²) in [5.74, 6) is 0.760. The Balaban J connectivity index is 2.21. The Morgan fingerprint density at radius 1 is 1.28 bits per heavy atom. The smallest absolute Gasteiger partial charge is 0.328 e. The number of benzene rings is 1. The fourth-order valence-corrected chi connectivity index (χ4v) is 2.15. The normalized spacial score (nSPS) is 12.6. The van der Waals surface area contributed by atoms with E-state index in [-0.39, 0.29) is 5.88 Å². The minimum atomic E-state index is -0.583. The molecule has 2 N–H and O–H groups in total. The van der Waals surface area contributed by atoms with Gasteiger partial charge < -0.3 is 4.74 Å². The van der Waals surface area contributed by atoms with Crippen LogP contribution in [0.1, 0.15) is 16.7 Å². The summed E-state index contributed by atoms with van der Waals surface area (Å²) in [6.07, 6.45) is 0.411. The van der Waals surface area contributed by atoms with Gasteiger partial charge in [-0.25, -0.2) is 4.79 Å². The first-order chi connectivity index (χ1) is 8.54. The monoisotopic (exact) mass is 264 g/mol. The number of aromatic nitrogens is 2. The third-order valence-corrected chi connectivity index (χ3v) is 3.33. The van der Waals surface area contributed by atoms with Crippen molar-refractivity contribution in [2.75, 3.05) is 0 Å². The summed E-state index contributed by atoms with van der Waals surface area (Å²) in [4.78, 5) is 27.5. The lowest BCUT2D eigenvalue weighted by atomic mass is 10.0. The lowest BCUT2D eigenvalue weighted by Gasteiger charge is -2.19. The van der Waals surface area contributed by atoms with Gasteiger partial charge in [0.15, 0.2) is 0 Å². The zero-order valence-corrected chi connectivity index (χ0v) is 10.2. The van der Waals surface area contributed by atoms with Crippen LogP contribution in [0.15, 0.2) is 21.7 Å². The first-order valence-corrected chi connectivity index (χ1v) is 5.75. The van der Waals surface area contributed by atoms with Gasteiger partial charge in [0, 0.05) is 23.1 Å². The first-order valence-electron chi connectivity index (χ1n) is 5.37. The second-order valence-electron chi connectivity index (χ2n) is 4.20. The van der Waals surface area contributed by atoms with Crippen molar-refractivity contribution in [3.05, 3.63) is 54.7 Å². The number of aromatic amines is 2. The minimum Gasteiger partial charge on any atom is -0.440 e. The van der Waals surface area contributed by atoms with Crippen LogP contribution >= 0.6 is 11.6 Å². The van der Waals surface area contributed by atoms with Crippen LogP contribution in [0.2, 0.25) is 5.02 Å². The van der Waals surface area contributed by atoms with Gasteiger partial charge in [-0.05, 0) is 12.5 Å². The van der Waals surface area contributed by atoms with Gasteiger partial charge in [0.2, 0.25) is 5.88 Å². The number of nitrogens with one attached hydrogen (secondary N) is 2. The molecule has 92 valence electrons. The summed E-state index contributed by atoms with van der Waals surface area (Å²) in [5, 5.41) is 0.587. The minimum absolute atomic E-state index is 0.191. The van der Waals surface area contributed by atoms with E-state index < -0.39 is 11.2 Å². The number of halogens is 1. The van der Waals surface area contributed by atoms with Gasteiger partial charge in [0.1, 0.15) is 5.75 Å². The van der Waals surface area contributed by atoms with Crippen molar-refractivity contribution in [1.29, 1.82) is 0 Å². The average Bonchev–Trinajstić information content (AvgIpc) is 2.29. The quantitative estimate of drug-likeness (QED) is 0.649. The highest BCUT2D eigenvalue weighted by atomic mass is 35.5. The zero-order chi connectivity index (χ0) is 12.9. The van der Waals surface area contributed by atoms with Crippen LogP contribution in [0.25, 0.3) is 0 Å². The second-order valence-corrected chi connectivity index (χ2v) is 4.61. The van der Waals surface area contributed by atoms with Gasteiger partial charge in [-0.15, -0.1) is 0 Å². The van der Waals surface area contributed by atoms with Crippen LogP contribution in [-0.4, -0.2) is 9.97 Å². The van der Waals surface area contributed by atoms with E-state index in [9.17, 15) is 9.59 Å². The Hall–Kier alpha value is -2.01. The molecule has 2 heterocycles. The largest absolute Gasteiger partial charge is 0.440 e. The Kier molecular flexibility index (Phi) is 2.31. The Morgan fingerprint density at radius 3 is 2.83 bits per heavy atom. The molecule has 0 saturated carbocycles. The first kappa shape index (κ1) is 11.1. The highest BCUT2D eigenvalue weighted by Crippen LogP contribution is 2.36. The molecule has 0 bridgehead atoms. The van der Waals surface area contributed by atoms with Gasteiger partial charge in [-0.3, -0.25) is 14.8 Å². The van der Waals surface area contributed by atoms with Gasteiger partial charge in [-0.1, -0.05) is 17.7 Å². The molecule has 0 aliphatic carbocycles. The maximum atomic E-state index is 11.7. The van der Waals surface area contributed by atoms with E-state index in [4.69, 9.17) is 16.3 Å². The fraction of sp³-hybridized carbons (Fsp3) is 0.167. The third kappa shape index (κ3) is 1.64. The number of rotatable bonds is 0. The molecular weight excluding hydrogens is 256 g/mol. The van der Waals surface area contributed by atoms with Crippen LogP contribution < -0.4 is 16.0 Å². The van der Waals surface area contributed by atoms with E-state index in [1.54, 1.807) is 6.07 Å². The van der Waals surface area contributed by atoms with Gasteiger partial charge >= 0.3 is 5.69 Å². The molecule has 0 saturated heterocycles. The molecule has 1 aromatic heterocycles. The molecule has 0 fully saturated rings. The van der Waals surface area contributed by atoms with Gasteiger partial charge in [-0.2, -0.15) is 0 Å². The number of H-pyrrole nitrogens is 2. The Labute approximate surface area is 106 Å². The van der Waals surface area contributed by atoms with Crippen molar-refractivity contribution in [3.63, 3.8) is 0 Å².